The van der Waals surface area contributed by atoms with E-state index in [9.17, 15) is 4.79 Å². The number of aryl methyl sites for hydroxylation is 2. The molecule has 9 heteroatoms. The van der Waals surface area contributed by atoms with Gasteiger partial charge < -0.3 is 4.52 Å². The van der Waals surface area contributed by atoms with Gasteiger partial charge in [0.25, 0.3) is 5.56 Å². The van der Waals surface area contributed by atoms with Crippen LogP contribution in [0, 0.1) is 0 Å². The molecule has 0 bridgehead atoms. The average Bonchev–Trinajstić information content (AvgIpc) is 3.40. The standard InChI is InChI=1S/C21H26N6O2S/c1-3-5-9-13-26-19(28)15-10-7-8-11-16(15)27-20(26)23-24-21(27)30-14-17-22-18(29-25-17)12-6-4-2/h7-8,10-11H,3-6,9,12-14H2,1-2H3. The van der Waals surface area contributed by atoms with Gasteiger partial charge in [-0.1, -0.05) is 62.2 Å². The second-order valence-corrected chi connectivity index (χ2v) is 8.24. The van der Waals surface area contributed by atoms with Crippen LogP contribution in [-0.4, -0.2) is 29.3 Å². The zero-order valence-electron chi connectivity index (χ0n) is 17.4. The summed E-state index contributed by atoms with van der Waals surface area (Å²) in [5.41, 5.74) is 0.797. The van der Waals surface area contributed by atoms with E-state index in [-0.39, 0.29) is 5.56 Å². The van der Waals surface area contributed by atoms with Crippen LogP contribution in [0.5, 0.6) is 0 Å². The number of rotatable bonds is 10. The van der Waals surface area contributed by atoms with Crippen LogP contribution in [-0.2, 0) is 18.7 Å². The molecule has 30 heavy (non-hydrogen) atoms. The molecule has 0 radical (unpaired) electrons. The van der Waals surface area contributed by atoms with E-state index in [4.69, 9.17) is 4.52 Å². The summed E-state index contributed by atoms with van der Waals surface area (Å²) in [6.07, 6.45) is 6.02. The second kappa shape index (κ2) is 9.42. The van der Waals surface area contributed by atoms with Crippen molar-refractivity contribution in [3.63, 3.8) is 0 Å². The Kier molecular flexibility index (Phi) is 6.47. The first-order valence-corrected chi connectivity index (χ1v) is 11.5. The molecule has 158 valence electrons. The van der Waals surface area contributed by atoms with Crippen LogP contribution in [0.4, 0.5) is 0 Å². The van der Waals surface area contributed by atoms with Gasteiger partial charge in [0.1, 0.15) is 0 Å². The summed E-state index contributed by atoms with van der Waals surface area (Å²) in [4.78, 5) is 17.5. The maximum Gasteiger partial charge on any atom is 0.262 e. The van der Waals surface area contributed by atoms with E-state index >= 15 is 0 Å². The van der Waals surface area contributed by atoms with Crippen LogP contribution < -0.4 is 5.56 Å². The smallest absolute Gasteiger partial charge is 0.262 e. The summed E-state index contributed by atoms with van der Waals surface area (Å²) in [5.74, 6) is 2.42. The topological polar surface area (TPSA) is 91.1 Å². The highest BCUT2D eigenvalue weighted by atomic mass is 32.2. The summed E-state index contributed by atoms with van der Waals surface area (Å²) in [7, 11) is 0. The van der Waals surface area contributed by atoms with Crippen LogP contribution in [0.15, 0.2) is 38.7 Å². The minimum Gasteiger partial charge on any atom is -0.339 e. The highest BCUT2D eigenvalue weighted by Crippen LogP contribution is 2.24. The van der Waals surface area contributed by atoms with Crippen LogP contribution in [0.2, 0.25) is 0 Å². The molecule has 0 saturated carbocycles. The van der Waals surface area contributed by atoms with E-state index in [1.54, 1.807) is 4.57 Å². The first kappa shape index (κ1) is 20.6. The largest absolute Gasteiger partial charge is 0.339 e. The predicted molar refractivity (Wildman–Crippen MR) is 117 cm³/mol. The van der Waals surface area contributed by atoms with Gasteiger partial charge in [0.15, 0.2) is 11.0 Å². The van der Waals surface area contributed by atoms with Gasteiger partial charge in [0.05, 0.1) is 16.7 Å². The molecule has 0 spiro atoms. The van der Waals surface area contributed by atoms with Crippen LogP contribution >= 0.6 is 11.8 Å². The molecule has 0 amide bonds. The van der Waals surface area contributed by atoms with Crippen molar-refractivity contribution in [3.05, 3.63) is 46.3 Å². The third-order valence-corrected chi connectivity index (χ3v) is 5.97. The SMILES string of the molecule is CCCCCn1c(=O)c2ccccc2n2c(SCc3noc(CCCC)n3)nnc12. The molecule has 3 heterocycles. The van der Waals surface area contributed by atoms with Crippen molar-refractivity contribution in [1.29, 1.82) is 0 Å². The molecule has 4 rings (SSSR count). The lowest BCUT2D eigenvalue weighted by Crippen LogP contribution is -2.23. The number of hydrogen-bond acceptors (Lipinski definition) is 7. The molecule has 0 unspecified atom stereocenters. The zero-order chi connectivity index (χ0) is 20.9. The van der Waals surface area contributed by atoms with Crippen molar-refractivity contribution in [2.24, 2.45) is 0 Å². The Bertz CT molecular complexity index is 1200. The van der Waals surface area contributed by atoms with Gasteiger partial charge in [-0.2, -0.15) is 4.98 Å². The van der Waals surface area contributed by atoms with E-state index in [1.807, 2.05) is 28.7 Å². The number of fused-ring (bicyclic) bond motifs is 3. The Hall–Kier alpha value is -2.68. The third-order valence-electron chi connectivity index (χ3n) is 5.05. The van der Waals surface area contributed by atoms with Gasteiger partial charge >= 0.3 is 0 Å². The minimum atomic E-state index is -0.0168. The minimum absolute atomic E-state index is 0.0168. The Labute approximate surface area is 178 Å². The maximum atomic E-state index is 13.1. The van der Waals surface area contributed by atoms with Crippen molar-refractivity contribution < 1.29 is 4.52 Å². The molecule has 0 aliphatic carbocycles. The van der Waals surface area contributed by atoms with Gasteiger partial charge in [-0.3, -0.25) is 13.8 Å². The number of para-hydroxylation sites is 1. The van der Waals surface area contributed by atoms with Crippen molar-refractivity contribution in [3.8, 4) is 0 Å². The second-order valence-electron chi connectivity index (χ2n) is 7.30. The molecule has 0 atom stereocenters. The number of aromatic nitrogens is 6. The lowest BCUT2D eigenvalue weighted by Gasteiger charge is -2.10. The maximum absolute atomic E-state index is 13.1. The van der Waals surface area contributed by atoms with Crippen molar-refractivity contribution in [2.45, 2.75) is 69.8 Å². The van der Waals surface area contributed by atoms with Crippen molar-refractivity contribution >= 4 is 28.4 Å². The monoisotopic (exact) mass is 426 g/mol. The fraction of sp³-hybridized carbons (Fsp3) is 0.476. The third kappa shape index (κ3) is 4.12. The molecule has 0 fully saturated rings. The van der Waals surface area contributed by atoms with Crippen molar-refractivity contribution in [2.75, 3.05) is 0 Å². The summed E-state index contributed by atoms with van der Waals surface area (Å²) in [6.45, 7) is 4.92. The molecule has 8 nitrogen and oxygen atoms in total. The summed E-state index contributed by atoms with van der Waals surface area (Å²) in [6, 6.07) is 7.61. The fourth-order valence-corrected chi connectivity index (χ4v) is 4.24. The lowest BCUT2D eigenvalue weighted by molar-refractivity contribution is 0.371. The molecule has 0 saturated heterocycles. The Balaban J connectivity index is 1.67. The summed E-state index contributed by atoms with van der Waals surface area (Å²) in [5, 5.41) is 14.2. The number of hydrogen-bond donors (Lipinski definition) is 0. The Morgan fingerprint density at radius 2 is 1.90 bits per heavy atom. The molecule has 0 aliphatic rings. The molecule has 0 N–H and O–H groups in total. The molecule has 0 aliphatic heterocycles. The molecule has 1 aromatic carbocycles. The molecule has 4 aromatic rings. The van der Waals surface area contributed by atoms with E-state index in [2.05, 4.69) is 34.2 Å². The zero-order valence-corrected chi connectivity index (χ0v) is 18.2. The molecular weight excluding hydrogens is 400 g/mol. The normalized spacial score (nSPS) is 11.7. The van der Waals surface area contributed by atoms with Crippen molar-refractivity contribution in [1.82, 2.24) is 29.3 Å². The number of thioether (sulfide) groups is 1. The number of unbranched alkanes of at least 4 members (excludes halogenated alkanes) is 3. The van der Waals surface area contributed by atoms with Gasteiger partial charge in [-0.25, -0.2) is 0 Å². The Morgan fingerprint density at radius 1 is 1.07 bits per heavy atom. The van der Waals surface area contributed by atoms with E-state index < -0.39 is 0 Å². The first-order valence-electron chi connectivity index (χ1n) is 10.5. The highest BCUT2D eigenvalue weighted by molar-refractivity contribution is 7.98. The van der Waals surface area contributed by atoms with E-state index in [1.165, 1.54) is 11.8 Å². The van der Waals surface area contributed by atoms with Gasteiger partial charge in [-0.05, 0) is 25.0 Å². The fourth-order valence-electron chi connectivity index (χ4n) is 3.46. The summed E-state index contributed by atoms with van der Waals surface area (Å²) < 4.78 is 9.03. The summed E-state index contributed by atoms with van der Waals surface area (Å²) >= 11 is 1.49. The molecular formula is C21H26N6O2S. The van der Waals surface area contributed by atoms with Gasteiger partial charge in [-0.15, -0.1) is 10.2 Å². The number of benzene rings is 1. The van der Waals surface area contributed by atoms with Gasteiger partial charge in [0, 0.05) is 13.0 Å². The van der Waals surface area contributed by atoms with Crippen LogP contribution in [0.25, 0.3) is 16.7 Å². The number of nitrogens with zero attached hydrogens (tertiary/aromatic N) is 6. The average molecular weight is 427 g/mol. The molecule has 3 aromatic heterocycles. The Morgan fingerprint density at radius 3 is 2.73 bits per heavy atom. The van der Waals surface area contributed by atoms with E-state index in [0.29, 0.717) is 40.3 Å². The van der Waals surface area contributed by atoms with Crippen LogP contribution in [0.1, 0.15) is 57.7 Å². The van der Waals surface area contributed by atoms with E-state index in [0.717, 1.165) is 44.0 Å². The first-order chi connectivity index (χ1) is 14.7. The quantitative estimate of drug-likeness (QED) is 0.276. The van der Waals surface area contributed by atoms with Gasteiger partial charge in [0.2, 0.25) is 11.7 Å². The predicted octanol–water partition coefficient (Wildman–Crippen LogP) is 4.25. The van der Waals surface area contributed by atoms with Crippen LogP contribution in [0.3, 0.4) is 0 Å². The highest BCUT2D eigenvalue weighted by Gasteiger charge is 2.17. The lowest BCUT2D eigenvalue weighted by atomic mass is 10.2.